The Hall–Kier alpha value is -2.61. The van der Waals surface area contributed by atoms with Crippen molar-refractivity contribution in [2.75, 3.05) is 11.9 Å². The van der Waals surface area contributed by atoms with Crippen LogP contribution in [-0.2, 0) is 4.79 Å². The molecule has 0 saturated carbocycles. The van der Waals surface area contributed by atoms with Crippen molar-refractivity contribution in [1.29, 1.82) is 0 Å². The number of ketones is 1. The van der Waals surface area contributed by atoms with E-state index in [4.69, 9.17) is 11.6 Å². The summed E-state index contributed by atoms with van der Waals surface area (Å²) >= 11 is 6.06. The molecule has 9 heteroatoms. The number of rotatable bonds is 10. The summed E-state index contributed by atoms with van der Waals surface area (Å²) in [6.45, 7) is 4.28. The van der Waals surface area contributed by atoms with Gasteiger partial charge in [-0.05, 0) is 24.5 Å². The predicted molar refractivity (Wildman–Crippen MR) is 114 cm³/mol. The lowest BCUT2D eigenvalue weighted by molar-refractivity contribution is -0.123. The van der Waals surface area contributed by atoms with Gasteiger partial charge in [-0.1, -0.05) is 25.4 Å². The molecule has 2 N–H and O–H groups in total. The molecule has 0 aliphatic rings. The first-order chi connectivity index (χ1) is 14.3. The van der Waals surface area contributed by atoms with Gasteiger partial charge in [0.15, 0.2) is 5.82 Å². The molecular formula is C21H24ClF2N5O. The number of nitrogens with one attached hydrogen (secondary N) is 2. The Balaban J connectivity index is 1.71. The summed E-state index contributed by atoms with van der Waals surface area (Å²) in [6.07, 6.45) is 2.72. The Morgan fingerprint density at radius 1 is 1.30 bits per heavy atom. The Kier molecular flexibility index (Phi) is 7.31. The summed E-state index contributed by atoms with van der Waals surface area (Å²) in [6, 6.07) is 3.52. The highest BCUT2D eigenvalue weighted by Gasteiger charge is 2.22. The number of anilines is 1. The molecule has 0 bridgehead atoms. The largest absolute Gasteiger partial charge is 0.369 e. The summed E-state index contributed by atoms with van der Waals surface area (Å²) in [5.74, 6) is 0.872. The Morgan fingerprint density at radius 3 is 2.83 bits per heavy atom. The maximum atomic E-state index is 12.5. The van der Waals surface area contributed by atoms with E-state index in [9.17, 15) is 13.6 Å². The molecule has 0 fully saturated rings. The van der Waals surface area contributed by atoms with Crippen molar-refractivity contribution in [1.82, 2.24) is 19.9 Å². The van der Waals surface area contributed by atoms with E-state index in [1.165, 1.54) is 0 Å². The smallest absolute Gasteiger partial charge is 0.238 e. The molecule has 3 heterocycles. The van der Waals surface area contributed by atoms with Crippen molar-refractivity contribution < 1.29 is 13.6 Å². The number of aromatic amines is 1. The molecule has 6 nitrogen and oxygen atoms in total. The number of Topliss-reactive ketones (excluding diaryl/α,β-unsaturated/α-hetero) is 1. The number of H-pyrrole nitrogens is 1. The van der Waals surface area contributed by atoms with Gasteiger partial charge in [-0.15, -0.1) is 0 Å². The lowest BCUT2D eigenvalue weighted by atomic mass is 9.89. The number of alkyl halides is 2. The molecule has 30 heavy (non-hydrogen) atoms. The second-order valence-corrected chi connectivity index (χ2v) is 7.94. The van der Waals surface area contributed by atoms with E-state index in [-0.39, 0.29) is 36.9 Å². The van der Waals surface area contributed by atoms with Gasteiger partial charge in [0.2, 0.25) is 6.43 Å². The fourth-order valence-electron chi connectivity index (χ4n) is 3.30. The summed E-state index contributed by atoms with van der Waals surface area (Å²) < 4.78 is 24.7. The van der Waals surface area contributed by atoms with Gasteiger partial charge in [0.05, 0.1) is 5.02 Å². The van der Waals surface area contributed by atoms with Crippen molar-refractivity contribution >= 4 is 34.2 Å². The average Bonchev–Trinajstić information content (AvgIpc) is 3.11. The minimum Gasteiger partial charge on any atom is -0.369 e. The highest BCUT2D eigenvalue weighted by atomic mass is 35.5. The van der Waals surface area contributed by atoms with Crippen LogP contribution in [0.15, 0.2) is 30.7 Å². The van der Waals surface area contributed by atoms with Crippen molar-refractivity contribution in [3.8, 4) is 11.4 Å². The van der Waals surface area contributed by atoms with Crippen molar-refractivity contribution in [3.05, 3.63) is 35.7 Å². The van der Waals surface area contributed by atoms with Gasteiger partial charge in [0.25, 0.3) is 0 Å². The third kappa shape index (κ3) is 5.50. The van der Waals surface area contributed by atoms with Crippen LogP contribution in [0.3, 0.4) is 0 Å². The minimum absolute atomic E-state index is 0.00947. The van der Waals surface area contributed by atoms with E-state index in [2.05, 4.69) is 25.3 Å². The van der Waals surface area contributed by atoms with Crippen molar-refractivity contribution in [2.45, 2.75) is 39.5 Å². The quantitative estimate of drug-likeness (QED) is 0.447. The van der Waals surface area contributed by atoms with Gasteiger partial charge in [-0.25, -0.2) is 23.7 Å². The van der Waals surface area contributed by atoms with Crippen LogP contribution in [0.2, 0.25) is 5.02 Å². The van der Waals surface area contributed by atoms with Crippen molar-refractivity contribution in [2.24, 2.45) is 11.8 Å². The SMILES string of the molecule is CC(C)C(CNc1ccnc(-c2c[nH]c3ncc(Cl)cc23)n1)C(=O)CCCC(F)F. The lowest BCUT2D eigenvalue weighted by Gasteiger charge is -2.20. The summed E-state index contributed by atoms with van der Waals surface area (Å²) in [5.41, 5.74) is 1.46. The second-order valence-electron chi connectivity index (χ2n) is 7.50. The fraction of sp³-hybridized carbons (Fsp3) is 0.429. The molecule has 1 atom stereocenters. The zero-order valence-electron chi connectivity index (χ0n) is 16.8. The maximum Gasteiger partial charge on any atom is 0.238 e. The first-order valence-electron chi connectivity index (χ1n) is 9.86. The molecule has 0 aliphatic carbocycles. The third-order valence-corrected chi connectivity index (χ3v) is 5.17. The zero-order chi connectivity index (χ0) is 21.7. The van der Waals surface area contributed by atoms with Gasteiger partial charge in [0, 0.05) is 54.8 Å². The van der Waals surface area contributed by atoms with Gasteiger partial charge in [-0.3, -0.25) is 4.79 Å². The zero-order valence-corrected chi connectivity index (χ0v) is 17.6. The number of fused-ring (bicyclic) bond motifs is 1. The first kappa shape index (κ1) is 22.1. The van der Waals surface area contributed by atoms with Gasteiger partial charge >= 0.3 is 0 Å². The maximum absolute atomic E-state index is 12.5. The molecule has 3 aromatic heterocycles. The lowest BCUT2D eigenvalue weighted by Crippen LogP contribution is -2.28. The summed E-state index contributed by atoms with van der Waals surface area (Å²) in [5, 5.41) is 4.53. The highest BCUT2D eigenvalue weighted by molar-refractivity contribution is 6.31. The third-order valence-electron chi connectivity index (χ3n) is 4.96. The molecule has 0 amide bonds. The number of hydrogen-bond donors (Lipinski definition) is 2. The van der Waals surface area contributed by atoms with Crippen LogP contribution in [0.1, 0.15) is 33.1 Å². The normalized spacial score (nSPS) is 12.6. The van der Waals surface area contributed by atoms with Crippen LogP contribution in [-0.4, -0.2) is 38.7 Å². The van der Waals surface area contributed by atoms with Crippen LogP contribution in [0.25, 0.3) is 22.4 Å². The number of nitrogens with zero attached hydrogens (tertiary/aromatic N) is 3. The first-order valence-corrected chi connectivity index (χ1v) is 10.2. The van der Waals surface area contributed by atoms with Crippen LogP contribution < -0.4 is 5.32 Å². The second kappa shape index (κ2) is 9.93. The average molecular weight is 436 g/mol. The van der Waals surface area contributed by atoms with Crippen LogP contribution in [0.5, 0.6) is 0 Å². The number of hydrogen-bond acceptors (Lipinski definition) is 5. The molecule has 0 aliphatic heterocycles. The van der Waals surface area contributed by atoms with E-state index in [0.29, 0.717) is 28.9 Å². The Labute approximate surface area is 178 Å². The molecule has 0 spiro atoms. The number of carbonyl (C=O) groups is 1. The molecular weight excluding hydrogens is 412 g/mol. The number of aromatic nitrogens is 4. The molecule has 0 radical (unpaired) electrons. The highest BCUT2D eigenvalue weighted by Crippen LogP contribution is 2.27. The monoisotopic (exact) mass is 435 g/mol. The molecule has 160 valence electrons. The number of pyridine rings is 1. The molecule has 3 rings (SSSR count). The van der Waals surface area contributed by atoms with E-state index in [0.717, 1.165) is 10.9 Å². The van der Waals surface area contributed by atoms with Crippen LogP contribution in [0.4, 0.5) is 14.6 Å². The molecule has 3 aromatic rings. The Morgan fingerprint density at radius 2 is 2.10 bits per heavy atom. The van der Waals surface area contributed by atoms with E-state index < -0.39 is 6.43 Å². The molecule has 0 saturated heterocycles. The Bertz CT molecular complexity index is 1010. The minimum atomic E-state index is -2.37. The van der Waals surface area contributed by atoms with Crippen LogP contribution >= 0.6 is 11.6 Å². The van der Waals surface area contributed by atoms with Gasteiger partial charge < -0.3 is 10.3 Å². The van der Waals surface area contributed by atoms with Crippen LogP contribution in [0, 0.1) is 11.8 Å². The van der Waals surface area contributed by atoms with E-state index in [1.807, 2.05) is 13.8 Å². The number of carbonyl (C=O) groups excluding carboxylic acids is 1. The summed E-state index contributed by atoms with van der Waals surface area (Å²) in [4.78, 5) is 28.7. The van der Waals surface area contributed by atoms with Gasteiger partial charge in [0.1, 0.15) is 17.2 Å². The topological polar surface area (TPSA) is 83.6 Å². The summed E-state index contributed by atoms with van der Waals surface area (Å²) in [7, 11) is 0. The van der Waals surface area contributed by atoms with Gasteiger partial charge in [-0.2, -0.15) is 0 Å². The number of halogens is 3. The molecule has 1 unspecified atom stereocenters. The standard InChI is InChI=1S/C21H24ClF2N5O/c1-12(2)15(17(30)4-3-5-18(23)24)10-26-19-6-7-25-21(29-19)16-11-28-20-14(16)8-13(22)9-27-20/h6-9,11-12,15,18H,3-5,10H2,1-2H3,(H,27,28)(H,25,26,29). The predicted octanol–water partition coefficient (Wildman–Crippen LogP) is 5.36. The fourth-order valence-corrected chi connectivity index (χ4v) is 3.46. The van der Waals surface area contributed by atoms with Crippen molar-refractivity contribution in [3.63, 3.8) is 0 Å². The van der Waals surface area contributed by atoms with E-state index >= 15 is 0 Å². The molecule has 0 aromatic carbocycles. The van der Waals surface area contributed by atoms with E-state index in [1.54, 1.807) is 30.7 Å².